The number of methoxy groups -OCH3 is 1. The molecule has 9 heteroatoms. The van der Waals surface area contributed by atoms with Crippen LogP contribution in [-0.4, -0.2) is 39.6 Å². The fraction of sp³-hybridized carbons (Fsp3) is 0.381. The van der Waals surface area contributed by atoms with Crippen LogP contribution in [0.3, 0.4) is 0 Å². The number of hydrogen-bond donors (Lipinski definition) is 1. The van der Waals surface area contributed by atoms with E-state index in [-0.39, 0.29) is 16.7 Å². The second-order valence-electron chi connectivity index (χ2n) is 8.22. The van der Waals surface area contributed by atoms with E-state index in [0.717, 1.165) is 18.5 Å². The van der Waals surface area contributed by atoms with Crippen LogP contribution in [0.2, 0.25) is 0 Å². The van der Waals surface area contributed by atoms with Gasteiger partial charge in [0.15, 0.2) is 0 Å². The van der Waals surface area contributed by atoms with Crippen molar-refractivity contribution in [1.82, 2.24) is 14.4 Å². The van der Waals surface area contributed by atoms with E-state index in [4.69, 9.17) is 14.5 Å². The van der Waals surface area contributed by atoms with Crippen LogP contribution in [0.5, 0.6) is 5.75 Å². The number of aromatic nitrogens is 3. The zero-order valence-electron chi connectivity index (χ0n) is 16.5. The van der Waals surface area contributed by atoms with Crippen LogP contribution in [0, 0.1) is 0 Å². The van der Waals surface area contributed by atoms with Gasteiger partial charge in [-0.15, -0.1) is 0 Å². The third-order valence-corrected chi connectivity index (χ3v) is 5.91. The summed E-state index contributed by atoms with van der Waals surface area (Å²) >= 11 is 0. The summed E-state index contributed by atoms with van der Waals surface area (Å²) in [6, 6.07) is 5.67. The third-order valence-electron chi connectivity index (χ3n) is 5.91. The maximum atomic E-state index is 12.9. The van der Waals surface area contributed by atoms with Gasteiger partial charge in [0, 0.05) is 23.9 Å². The number of ether oxygens (including phenoxy) is 2. The molecule has 3 aromatic rings. The summed E-state index contributed by atoms with van der Waals surface area (Å²) in [7, 11) is 1.49. The van der Waals surface area contributed by atoms with Gasteiger partial charge >= 0.3 is 0 Å². The van der Waals surface area contributed by atoms with Gasteiger partial charge in [0.1, 0.15) is 28.5 Å². The lowest BCUT2D eigenvalue weighted by atomic mass is 9.62. The van der Waals surface area contributed by atoms with Crippen molar-refractivity contribution in [3.05, 3.63) is 53.7 Å². The molecule has 1 amide bonds. The van der Waals surface area contributed by atoms with Crippen molar-refractivity contribution in [3.63, 3.8) is 0 Å². The average molecular weight is 414 g/mol. The molecule has 30 heavy (non-hydrogen) atoms. The van der Waals surface area contributed by atoms with Crippen molar-refractivity contribution in [1.29, 1.82) is 0 Å². The van der Waals surface area contributed by atoms with E-state index in [1.807, 2.05) is 10.6 Å². The van der Waals surface area contributed by atoms with Crippen molar-refractivity contribution in [2.75, 3.05) is 19.0 Å². The summed E-state index contributed by atoms with van der Waals surface area (Å²) in [5.41, 5.74) is 1.37. The molecule has 2 bridgehead atoms. The molecule has 3 aromatic heterocycles. The number of imidazole rings is 1. The SMILES string of the molecule is COc1cc2nc(C34COC(C)(C3)C4)cn2cc1NC(=O)c1cccc(C(F)F)n1. The van der Waals surface area contributed by atoms with Crippen molar-refractivity contribution in [2.45, 2.75) is 37.2 Å². The second kappa shape index (κ2) is 6.46. The number of anilines is 1. The number of pyridine rings is 2. The zero-order chi connectivity index (χ0) is 21.1. The fourth-order valence-corrected chi connectivity index (χ4v) is 4.57. The Hall–Kier alpha value is -3.07. The van der Waals surface area contributed by atoms with Gasteiger partial charge < -0.3 is 19.2 Å². The molecule has 1 N–H and O–H groups in total. The molecule has 3 fully saturated rings. The van der Waals surface area contributed by atoms with Crippen molar-refractivity contribution in [2.24, 2.45) is 0 Å². The summed E-state index contributed by atoms with van der Waals surface area (Å²) in [5, 5.41) is 2.70. The summed E-state index contributed by atoms with van der Waals surface area (Å²) in [4.78, 5) is 21.1. The Kier molecular flexibility index (Phi) is 4.08. The Morgan fingerprint density at radius 3 is 2.77 bits per heavy atom. The van der Waals surface area contributed by atoms with Gasteiger partial charge in [0.05, 0.1) is 25.0 Å². The maximum Gasteiger partial charge on any atom is 0.280 e. The number of rotatable bonds is 5. The normalized spacial score (nSPS) is 24.8. The van der Waals surface area contributed by atoms with Crippen LogP contribution in [-0.2, 0) is 10.2 Å². The van der Waals surface area contributed by atoms with E-state index < -0.39 is 18.0 Å². The van der Waals surface area contributed by atoms with Crippen molar-refractivity contribution in [3.8, 4) is 5.75 Å². The van der Waals surface area contributed by atoms with E-state index in [0.29, 0.717) is 23.7 Å². The fourth-order valence-electron chi connectivity index (χ4n) is 4.57. The van der Waals surface area contributed by atoms with Crippen molar-refractivity contribution < 1.29 is 23.0 Å². The Labute approximate surface area is 171 Å². The highest BCUT2D eigenvalue weighted by Gasteiger charge is 2.61. The molecule has 7 nitrogen and oxygen atoms in total. The molecule has 6 rings (SSSR count). The molecule has 0 atom stereocenters. The first-order chi connectivity index (χ1) is 14.3. The summed E-state index contributed by atoms with van der Waals surface area (Å²) < 4.78 is 38.9. The summed E-state index contributed by atoms with van der Waals surface area (Å²) in [6.07, 6.45) is 2.77. The largest absolute Gasteiger partial charge is 0.494 e. The number of carbonyl (C=O) groups is 1. The average Bonchev–Trinajstić information content (AvgIpc) is 3.37. The molecular formula is C21H20F2N4O3. The highest BCUT2D eigenvalue weighted by Crippen LogP contribution is 2.58. The summed E-state index contributed by atoms with van der Waals surface area (Å²) in [5.74, 6) is -0.190. The Morgan fingerprint density at radius 1 is 1.30 bits per heavy atom. The van der Waals surface area contributed by atoms with Crippen LogP contribution in [0.1, 0.15) is 48.1 Å². The summed E-state index contributed by atoms with van der Waals surface area (Å²) in [6.45, 7) is 2.77. The molecule has 0 spiro atoms. The van der Waals surface area contributed by atoms with Gasteiger partial charge in [0.2, 0.25) is 0 Å². The van der Waals surface area contributed by atoms with Crippen LogP contribution in [0.15, 0.2) is 36.7 Å². The monoisotopic (exact) mass is 414 g/mol. The Balaban J connectivity index is 1.45. The van der Waals surface area contributed by atoms with E-state index in [1.54, 1.807) is 12.3 Å². The van der Waals surface area contributed by atoms with Gasteiger partial charge in [-0.05, 0) is 31.9 Å². The maximum absolute atomic E-state index is 12.9. The van der Waals surface area contributed by atoms with Gasteiger partial charge in [-0.2, -0.15) is 0 Å². The standard InChI is InChI=1S/C21H20F2N4O3/c1-20-9-21(10-20,11-30-20)16-8-27-7-14(15(29-2)6-17(27)26-16)25-19(28)13-5-3-4-12(24-13)18(22)23/h3-8,18H,9-11H2,1-2H3,(H,25,28). The number of nitrogens with one attached hydrogen (secondary N) is 1. The lowest BCUT2D eigenvalue weighted by Gasteiger charge is -2.41. The molecule has 3 aliphatic rings. The molecule has 0 unspecified atom stereocenters. The molecule has 0 aromatic carbocycles. The van der Waals surface area contributed by atoms with Crippen LogP contribution in [0.4, 0.5) is 14.5 Å². The first-order valence-electron chi connectivity index (χ1n) is 9.59. The van der Waals surface area contributed by atoms with Gasteiger partial charge in [-0.1, -0.05) is 6.07 Å². The van der Waals surface area contributed by atoms with Crippen LogP contribution < -0.4 is 10.1 Å². The highest BCUT2D eigenvalue weighted by molar-refractivity contribution is 6.03. The minimum absolute atomic E-state index is 0.0492. The zero-order valence-corrected chi connectivity index (χ0v) is 16.5. The molecule has 156 valence electrons. The van der Waals surface area contributed by atoms with Crippen molar-refractivity contribution >= 4 is 17.2 Å². The van der Waals surface area contributed by atoms with E-state index in [2.05, 4.69) is 17.2 Å². The van der Waals surface area contributed by atoms with Gasteiger partial charge in [-0.25, -0.2) is 18.7 Å². The number of fused-ring (bicyclic) bond motifs is 2. The minimum Gasteiger partial charge on any atom is -0.494 e. The minimum atomic E-state index is -2.75. The first kappa shape index (κ1) is 18.9. The number of amides is 1. The molecule has 2 aliphatic heterocycles. The molecule has 2 saturated heterocycles. The predicted molar refractivity (Wildman–Crippen MR) is 104 cm³/mol. The molecule has 1 saturated carbocycles. The lowest BCUT2D eigenvalue weighted by Crippen LogP contribution is -2.45. The quantitative estimate of drug-likeness (QED) is 0.688. The van der Waals surface area contributed by atoms with Crippen LogP contribution in [0.25, 0.3) is 5.65 Å². The van der Waals surface area contributed by atoms with E-state index >= 15 is 0 Å². The highest BCUT2D eigenvalue weighted by atomic mass is 19.3. The number of alkyl halides is 2. The number of nitrogens with zero attached hydrogens (tertiary/aromatic N) is 3. The molecule has 1 aliphatic carbocycles. The van der Waals surface area contributed by atoms with E-state index in [1.165, 1.54) is 25.3 Å². The number of hydrogen-bond acceptors (Lipinski definition) is 5. The Morgan fingerprint density at radius 2 is 2.10 bits per heavy atom. The smallest absolute Gasteiger partial charge is 0.280 e. The Bertz CT molecular complexity index is 1150. The molecule has 5 heterocycles. The van der Waals surface area contributed by atoms with Gasteiger partial charge in [-0.3, -0.25) is 4.79 Å². The lowest BCUT2D eigenvalue weighted by molar-refractivity contribution is 0.0154. The van der Waals surface area contributed by atoms with Crippen LogP contribution >= 0.6 is 0 Å². The molecule has 0 radical (unpaired) electrons. The number of carbonyl (C=O) groups excluding carboxylic acids is 1. The number of halogens is 2. The predicted octanol–water partition coefficient (Wildman–Crippen LogP) is 3.75. The molecular weight excluding hydrogens is 394 g/mol. The second-order valence-corrected chi connectivity index (χ2v) is 8.22. The first-order valence-corrected chi connectivity index (χ1v) is 9.59. The third kappa shape index (κ3) is 2.92. The topological polar surface area (TPSA) is 77.8 Å². The van der Waals surface area contributed by atoms with E-state index in [9.17, 15) is 13.6 Å². The van der Waals surface area contributed by atoms with Gasteiger partial charge in [0.25, 0.3) is 12.3 Å².